The molecule has 1 aliphatic rings. The summed E-state index contributed by atoms with van der Waals surface area (Å²) in [5.41, 5.74) is 1.98. The van der Waals surface area contributed by atoms with Gasteiger partial charge < -0.3 is 24.4 Å². The fraction of sp³-hybridized carbons (Fsp3) is 0.316. The van der Waals surface area contributed by atoms with Crippen LogP contribution in [0.2, 0.25) is 0 Å². The third-order valence-corrected chi connectivity index (χ3v) is 3.95. The van der Waals surface area contributed by atoms with Gasteiger partial charge in [-0.3, -0.25) is 0 Å². The maximum Gasteiger partial charge on any atom is 0.317 e. The number of nitrogens with zero attached hydrogens (tertiary/aromatic N) is 1. The summed E-state index contributed by atoms with van der Waals surface area (Å²) in [5, 5.41) is 2.91. The van der Waals surface area contributed by atoms with E-state index >= 15 is 0 Å². The monoisotopic (exact) mass is 342 g/mol. The van der Waals surface area contributed by atoms with Crippen LogP contribution in [0.4, 0.5) is 4.79 Å². The molecule has 0 radical (unpaired) electrons. The molecule has 1 N–H and O–H groups in total. The number of nitrogens with one attached hydrogen (secondary N) is 1. The van der Waals surface area contributed by atoms with Crippen molar-refractivity contribution < 1.29 is 19.0 Å². The Hall–Kier alpha value is -2.89. The molecule has 25 heavy (non-hydrogen) atoms. The predicted octanol–water partition coefficient (Wildman–Crippen LogP) is 2.81. The van der Waals surface area contributed by atoms with Crippen molar-refractivity contribution in [2.24, 2.45) is 0 Å². The van der Waals surface area contributed by atoms with E-state index in [-0.39, 0.29) is 6.03 Å². The Morgan fingerprint density at radius 1 is 1.12 bits per heavy atom. The maximum absolute atomic E-state index is 12.3. The molecule has 0 fully saturated rings. The summed E-state index contributed by atoms with van der Waals surface area (Å²) in [7, 11) is 3.39. The highest BCUT2D eigenvalue weighted by Gasteiger charge is 2.14. The third-order valence-electron chi connectivity index (χ3n) is 3.95. The van der Waals surface area contributed by atoms with Gasteiger partial charge in [0.1, 0.15) is 19.0 Å². The Morgan fingerprint density at radius 3 is 2.72 bits per heavy atom. The van der Waals surface area contributed by atoms with Crippen LogP contribution >= 0.6 is 0 Å². The number of amides is 2. The average molecular weight is 342 g/mol. The molecule has 0 atom stereocenters. The van der Waals surface area contributed by atoms with Crippen LogP contribution in [0.25, 0.3) is 0 Å². The summed E-state index contributed by atoms with van der Waals surface area (Å²) in [6.07, 6.45) is 0. The van der Waals surface area contributed by atoms with E-state index < -0.39 is 0 Å². The number of carbonyl (C=O) groups is 1. The van der Waals surface area contributed by atoms with E-state index in [9.17, 15) is 4.79 Å². The summed E-state index contributed by atoms with van der Waals surface area (Å²) in [4.78, 5) is 13.9. The highest BCUT2D eigenvalue weighted by atomic mass is 16.6. The SMILES string of the molecule is COc1cccc(CNC(=O)N(C)Cc2ccc3c(c2)OCCO3)c1. The Labute approximate surface area is 147 Å². The van der Waals surface area contributed by atoms with Crippen molar-refractivity contribution in [3.63, 3.8) is 0 Å². The number of methoxy groups -OCH3 is 1. The zero-order valence-electron chi connectivity index (χ0n) is 14.5. The average Bonchev–Trinajstić information content (AvgIpc) is 2.66. The summed E-state index contributed by atoms with van der Waals surface area (Å²) in [6, 6.07) is 13.2. The zero-order chi connectivity index (χ0) is 17.6. The second-order valence-corrected chi connectivity index (χ2v) is 5.84. The molecule has 1 heterocycles. The number of hydrogen-bond acceptors (Lipinski definition) is 4. The molecule has 0 aliphatic carbocycles. The van der Waals surface area contributed by atoms with Crippen molar-refractivity contribution in [3.05, 3.63) is 53.6 Å². The van der Waals surface area contributed by atoms with Crippen molar-refractivity contribution in [3.8, 4) is 17.2 Å². The first-order chi connectivity index (χ1) is 12.2. The molecule has 6 heteroatoms. The Kier molecular flexibility index (Phi) is 5.28. The van der Waals surface area contributed by atoms with Crippen LogP contribution in [0.15, 0.2) is 42.5 Å². The van der Waals surface area contributed by atoms with Gasteiger partial charge in [-0.1, -0.05) is 18.2 Å². The smallest absolute Gasteiger partial charge is 0.317 e. The minimum absolute atomic E-state index is 0.141. The molecule has 3 rings (SSSR count). The number of benzene rings is 2. The lowest BCUT2D eigenvalue weighted by atomic mass is 10.2. The topological polar surface area (TPSA) is 60.0 Å². The first-order valence-corrected chi connectivity index (χ1v) is 8.16. The van der Waals surface area contributed by atoms with Gasteiger partial charge in [0.2, 0.25) is 0 Å². The first kappa shape index (κ1) is 17.0. The number of rotatable bonds is 5. The molecule has 0 bridgehead atoms. The van der Waals surface area contributed by atoms with Crippen molar-refractivity contribution in [2.45, 2.75) is 13.1 Å². The maximum atomic E-state index is 12.3. The molecule has 2 aromatic rings. The second kappa shape index (κ2) is 7.79. The lowest BCUT2D eigenvalue weighted by Crippen LogP contribution is -2.36. The normalized spacial score (nSPS) is 12.4. The van der Waals surface area contributed by atoms with E-state index in [2.05, 4.69) is 5.32 Å². The van der Waals surface area contributed by atoms with Crippen molar-refractivity contribution in [1.29, 1.82) is 0 Å². The van der Waals surface area contributed by atoms with Crippen molar-refractivity contribution in [2.75, 3.05) is 27.4 Å². The fourth-order valence-corrected chi connectivity index (χ4v) is 2.63. The van der Waals surface area contributed by atoms with Gasteiger partial charge in [-0.15, -0.1) is 0 Å². The highest BCUT2D eigenvalue weighted by Crippen LogP contribution is 2.31. The van der Waals surface area contributed by atoms with Gasteiger partial charge in [0.05, 0.1) is 7.11 Å². The number of hydrogen-bond donors (Lipinski definition) is 1. The van der Waals surface area contributed by atoms with Crippen LogP contribution < -0.4 is 19.5 Å². The lowest BCUT2D eigenvalue weighted by Gasteiger charge is -2.21. The molecule has 6 nitrogen and oxygen atoms in total. The summed E-state index contributed by atoms with van der Waals surface area (Å²) >= 11 is 0. The van der Waals surface area contributed by atoms with Gasteiger partial charge in [-0.05, 0) is 35.4 Å². The summed E-state index contributed by atoms with van der Waals surface area (Å²) < 4.78 is 16.3. The molecule has 2 amide bonds. The number of urea groups is 1. The largest absolute Gasteiger partial charge is 0.497 e. The van der Waals surface area contributed by atoms with E-state index in [0.29, 0.717) is 26.3 Å². The fourth-order valence-electron chi connectivity index (χ4n) is 2.63. The van der Waals surface area contributed by atoms with Gasteiger partial charge in [0.15, 0.2) is 11.5 Å². The molecular weight excluding hydrogens is 320 g/mol. The molecule has 0 spiro atoms. The molecule has 0 saturated carbocycles. The molecule has 0 saturated heterocycles. The van der Waals surface area contributed by atoms with Gasteiger partial charge >= 0.3 is 6.03 Å². The third kappa shape index (κ3) is 4.35. The number of fused-ring (bicyclic) bond motifs is 1. The van der Waals surface area contributed by atoms with E-state index in [1.807, 2.05) is 42.5 Å². The molecule has 2 aromatic carbocycles. The quantitative estimate of drug-likeness (QED) is 0.908. The summed E-state index contributed by atoms with van der Waals surface area (Å²) in [6.45, 7) is 2.05. The number of carbonyl (C=O) groups excluding carboxylic acids is 1. The van der Waals surface area contributed by atoms with E-state index in [1.54, 1.807) is 19.1 Å². The molecule has 132 valence electrons. The lowest BCUT2D eigenvalue weighted by molar-refractivity contribution is 0.171. The van der Waals surface area contributed by atoms with Crippen LogP contribution in [0, 0.1) is 0 Å². The zero-order valence-corrected chi connectivity index (χ0v) is 14.5. The van der Waals surface area contributed by atoms with Crippen LogP contribution in [-0.4, -0.2) is 38.3 Å². The van der Waals surface area contributed by atoms with Gasteiger partial charge in [0, 0.05) is 20.1 Å². The Balaban J connectivity index is 1.55. The van der Waals surface area contributed by atoms with Gasteiger partial charge in [-0.2, -0.15) is 0 Å². The van der Waals surface area contributed by atoms with Gasteiger partial charge in [0.25, 0.3) is 0 Å². The highest BCUT2D eigenvalue weighted by molar-refractivity contribution is 5.73. The van der Waals surface area contributed by atoms with E-state index in [4.69, 9.17) is 14.2 Å². The minimum atomic E-state index is -0.141. The Morgan fingerprint density at radius 2 is 1.92 bits per heavy atom. The molecule has 0 aromatic heterocycles. The van der Waals surface area contributed by atoms with Crippen LogP contribution in [0.5, 0.6) is 17.2 Å². The molecule has 0 unspecified atom stereocenters. The van der Waals surface area contributed by atoms with E-state index in [1.165, 1.54) is 0 Å². The van der Waals surface area contributed by atoms with Crippen LogP contribution in [0.1, 0.15) is 11.1 Å². The predicted molar refractivity (Wildman–Crippen MR) is 94.1 cm³/mol. The van der Waals surface area contributed by atoms with Crippen molar-refractivity contribution >= 4 is 6.03 Å². The first-order valence-electron chi connectivity index (χ1n) is 8.16. The van der Waals surface area contributed by atoms with Crippen molar-refractivity contribution in [1.82, 2.24) is 10.2 Å². The second-order valence-electron chi connectivity index (χ2n) is 5.84. The van der Waals surface area contributed by atoms with E-state index in [0.717, 1.165) is 28.4 Å². The molecular formula is C19H22N2O4. The minimum Gasteiger partial charge on any atom is -0.497 e. The van der Waals surface area contributed by atoms with Crippen LogP contribution in [0.3, 0.4) is 0 Å². The van der Waals surface area contributed by atoms with Crippen LogP contribution in [-0.2, 0) is 13.1 Å². The Bertz CT molecular complexity index is 748. The summed E-state index contributed by atoms with van der Waals surface area (Å²) in [5.74, 6) is 2.26. The van der Waals surface area contributed by atoms with Gasteiger partial charge in [-0.25, -0.2) is 4.79 Å². The standard InChI is InChI=1S/C19H22N2O4/c1-21(13-15-6-7-17-18(11-15)25-9-8-24-17)19(22)20-12-14-4-3-5-16(10-14)23-2/h3-7,10-11H,8-9,12-13H2,1-2H3,(H,20,22). The number of ether oxygens (including phenoxy) is 3. The molecule has 1 aliphatic heterocycles.